The summed E-state index contributed by atoms with van der Waals surface area (Å²) in [4.78, 5) is 35.0. The monoisotopic (exact) mass is 397 g/mol. The van der Waals surface area contributed by atoms with E-state index in [4.69, 9.17) is 0 Å². The van der Waals surface area contributed by atoms with E-state index in [1.54, 1.807) is 36.5 Å². The van der Waals surface area contributed by atoms with E-state index in [9.17, 15) is 18.0 Å². The maximum Gasteiger partial charge on any atom is 0.278 e. The van der Waals surface area contributed by atoms with Crippen molar-refractivity contribution in [2.45, 2.75) is 4.90 Å². The second-order valence-electron chi connectivity index (χ2n) is 5.73. The van der Waals surface area contributed by atoms with Gasteiger partial charge in [-0.25, -0.2) is 18.8 Å². The number of aromatic amines is 1. The predicted octanol–water partition coefficient (Wildman–Crippen LogP) is 0.999. The number of hydrogen-bond donors (Lipinski definition) is 2. The molecule has 10 heteroatoms. The Hall–Kier alpha value is -3.66. The number of carbonyl (C=O) groups is 1. The lowest BCUT2D eigenvalue weighted by Gasteiger charge is -2.02. The molecule has 3 aromatic rings. The SMILES string of the molecule is CS(=O)(=O)c1cccc(C=NNC(=O)c2cnc(-c3ccccn3)[nH]c2=O)c1. The first-order valence-electron chi connectivity index (χ1n) is 7.99. The molecule has 9 nitrogen and oxygen atoms in total. The van der Waals surface area contributed by atoms with Crippen molar-refractivity contribution in [3.05, 3.63) is 76.3 Å². The van der Waals surface area contributed by atoms with Gasteiger partial charge < -0.3 is 4.98 Å². The summed E-state index contributed by atoms with van der Waals surface area (Å²) in [6.45, 7) is 0. The van der Waals surface area contributed by atoms with E-state index >= 15 is 0 Å². The minimum absolute atomic E-state index is 0.133. The van der Waals surface area contributed by atoms with Crippen LogP contribution in [0.2, 0.25) is 0 Å². The van der Waals surface area contributed by atoms with Gasteiger partial charge in [0.2, 0.25) is 0 Å². The van der Waals surface area contributed by atoms with Gasteiger partial charge in [-0.3, -0.25) is 14.6 Å². The van der Waals surface area contributed by atoms with E-state index in [2.05, 4.69) is 25.5 Å². The lowest BCUT2D eigenvalue weighted by Crippen LogP contribution is -2.27. The molecule has 0 spiro atoms. The topological polar surface area (TPSA) is 134 Å². The van der Waals surface area contributed by atoms with E-state index < -0.39 is 21.3 Å². The normalized spacial score (nSPS) is 11.5. The van der Waals surface area contributed by atoms with Gasteiger partial charge in [0.1, 0.15) is 11.3 Å². The Kier molecular flexibility index (Phi) is 5.41. The summed E-state index contributed by atoms with van der Waals surface area (Å²) in [5.41, 5.74) is 2.29. The number of hydrogen-bond acceptors (Lipinski definition) is 7. The first kappa shape index (κ1) is 19.1. The summed E-state index contributed by atoms with van der Waals surface area (Å²) < 4.78 is 23.1. The highest BCUT2D eigenvalue weighted by Gasteiger charge is 2.12. The lowest BCUT2D eigenvalue weighted by atomic mass is 10.2. The zero-order chi connectivity index (χ0) is 20.1. The summed E-state index contributed by atoms with van der Waals surface area (Å²) in [5, 5.41) is 3.75. The van der Waals surface area contributed by atoms with Gasteiger partial charge in [-0.2, -0.15) is 5.10 Å². The maximum atomic E-state index is 12.1. The van der Waals surface area contributed by atoms with E-state index in [0.29, 0.717) is 11.3 Å². The van der Waals surface area contributed by atoms with Crippen molar-refractivity contribution in [3.8, 4) is 11.5 Å². The number of nitrogens with zero attached hydrogens (tertiary/aromatic N) is 3. The Morgan fingerprint density at radius 1 is 1.18 bits per heavy atom. The number of benzene rings is 1. The fourth-order valence-corrected chi connectivity index (χ4v) is 2.92. The fourth-order valence-electron chi connectivity index (χ4n) is 2.24. The molecule has 142 valence electrons. The molecule has 0 atom stereocenters. The number of rotatable bonds is 5. The smallest absolute Gasteiger partial charge is 0.278 e. The number of carbonyl (C=O) groups excluding carboxylic acids is 1. The van der Waals surface area contributed by atoms with Crippen LogP contribution in [0, 0.1) is 0 Å². The molecule has 0 fully saturated rings. The van der Waals surface area contributed by atoms with Crippen molar-refractivity contribution in [3.63, 3.8) is 0 Å². The quantitative estimate of drug-likeness (QED) is 0.487. The van der Waals surface area contributed by atoms with Crippen LogP contribution in [-0.4, -0.2) is 41.7 Å². The summed E-state index contributed by atoms with van der Waals surface area (Å²) >= 11 is 0. The molecule has 28 heavy (non-hydrogen) atoms. The van der Waals surface area contributed by atoms with Gasteiger partial charge in [0.05, 0.1) is 11.1 Å². The highest BCUT2D eigenvalue weighted by Crippen LogP contribution is 2.10. The molecule has 1 amide bonds. The van der Waals surface area contributed by atoms with E-state index in [-0.39, 0.29) is 16.3 Å². The van der Waals surface area contributed by atoms with Crippen molar-refractivity contribution < 1.29 is 13.2 Å². The molecule has 0 aliphatic heterocycles. The van der Waals surface area contributed by atoms with Crippen molar-refractivity contribution in [1.82, 2.24) is 20.4 Å². The molecular weight excluding hydrogens is 382 g/mol. The largest absolute Gasteiger partial charge is 0.305 e. The Morgan fingerprint density at radius 2 is 2.00 bits per heavy atom. The molecule has 0 saturated heterocycles. The van der Waals surface area contributed by atoms with Gasteiger partial charge in [-0.15, -0.1) is 0 Å². The zero-order valence-electron chi connectivity index (χ0n) is 14.7. The average Bonchev–Trinajstić information content (AvgIpc) is 2.68. The van der Waals surface area contributed by atoms with Crippen LogP contribution in [0.3, 0.4) is 0 Å². The molecule has 2 aromatic heterocycles. The molecule has 1 aromatic carbocycles. The average molecular weight is 397 g/mol. The molecule has 3 rings (SSSR count). The van der Waals surface area contributed by atoms with Gasteiger partial charge in [0, 0.05) is 18.6 Å². The highest BCUT2D eigenvalue weighted by atomic mass is 32.2. The Morgan fingerprint density at radius 3 is 2.68 bits per heavy atom. The number of amides is 1. The first-order chi connectivity index (χ1) is 13.3. The summed E-state index contributed by atoms with van der Waals surface area (Å²) in [7, 11) is -3.35. The summed E-state index contributed by atoms with van der Waals surface area (Å²) in [6, 6.07) is 11.2. The van der Waals surface area contributed by atoms with Crippen LogP contribution in [0.25, 0.3) is 11.5 Å². The third-order valence-corrected chi connectivity index (χ3v) is 4.73. The van der Waals surface area contributed by atoms with Gasteiger partial charge in [0.25, 0.3) is 11.5 Å². The highest BCUT2D eigenvalue weighted by molar-refractivity contribution is 7.90. The molecule has 2 heterocycles. The van der Waals surface area contributed by atoms with Crippen LogP contribution in [0.15, 0.2) is 69.6 Å². The third kappa shape index (κ3) is 4.54. The molecule has 0 bridgehead atoms. The van der Waals surface area contributed by atoms with Gasteiger partial charge in [-0.05, 0) is 29.8 Å². The second kappa shape index (κ2) is 7.92. The molecule has 0 unspecified atom stereocenters. The third-order valence-electron chi connectivity index (χ3n) is 3.62. The van der Waals surface area contributed by atoms with Crippen molar-refractivity contribution >= 4 is 22.0 Å². The van der Waals surface area contributed by atoms with E-state index in [0.717, 1.165) is 12.5 Å². The van der Waals surface area contributed by atoms with Crippen LogP contribution in [-0.2, 0) is 9.84 Å². The number of H-pyrrole nitrogens is 1. The van der Waals surface area contributed by atoms with E-state index in [1.165, 1.54) is 18.3 Å². The van der Waals surface area contributed by atoms with Crippen molar-refractivity contribution in [2.24, 2.45) is 5.10 Å². The Balaban J connectivity index is 1.73. The number of nitrogens with one attached hydrogen (secondary N) is 2. The summed E-state index contributed by atoms with van der Waals surface area (Å²) in [6.07, 6.45) is 5.07. The molecule has 0 aliphatic carbocycles. The number of hydrazone groups is 1. The van der Waals surface area contributed by atoms with Crippen LogP contribution in [0.1, 0.15) is 15.9 Å². The lowest BCUT2D eigenvalue weighted by molar-refractivity contribution is 0.0953. The summed E-state index contributed by atoms with van der Waals surface area (Å²) in [5.74, 6) is -0.514. The maximum absolute atomic E-state index is 12.1. The van der Waals surface area contributed by atoms with Crippen LogP contribution < -0.4 is 11.0 Å². The molecular formula is C18H15N5O4S. The number of pyridine rings is 1. The van der Waals surface area contributed by atoms with Gasteiger partial charge in [0.15, 0.2) is 15.7 Å². The van der Waals surface area contributed by atoms with Gasteiger partial charge in [-0.1, -0.05) is 18.2 Å². The van der Waals surface area contributed by atoms with Crippen LogP contribution in [0.4, 0.5) is 0 Å². The number of sulfone groups is 1. The van der Waals surface area contributed by atoms with Crippen molar-refractivity contribution in [2.75, 3.05) is 6.26 Å². The molecule has 2 N–H and O–H groups in total. The first-order valence-corrected chi connectivity index (χ1v) is 9.88. The molecule has 0 radical (unpaired) electrons. The predicted molar refractivity (Wildman–Crippen MR) is 103 cm³/mol. The molecule has 0 saturated carbocycles. The minimum atomic E-state index is -3.35. The van der Waals surface area contributed by atoms with Gasteiger partial charge >= 0.3 is 0 Å². The molecule has 0 aliphatic rings. The van der Waals surface area contributed by atoms with Crippen LogP contribution >= 0.6 is 0 Å². The van der Waals surface area contributed by atoms with E-state index in [1.807, 2.05) is 0 Å². The minimum Gasteiger partial charge on any atom is -0.305 e. The number of aromatic nitrogens is 3. The fraction of sp³-hybridized carbons (Fsp3) is 0.0556. The van der Waals surface area contributed by atoms with Crippen LogP contribution in [0.5, 0.6) is 0 Å². The van der Waals surface area contributed by atoms with Crippen molar-refractivity contribution in [1.29, 1.82) is 0 Å². The Bertz CT molecular complexity index is 1200. The Labute approximate surface area is 160 Å². The standard InChI is InChI=1S/C18H15N5O4S/c1-28(26,27)13-6-4-5-12(9-13)10-21-23-18(25)14-11-20-16(22-17(14)24)15-7-2-3-8-19-15/h2-11H,1H3,(H,23,25)(H,20,22,24). The second-order valence-corrected chi connectivity index (χ2v) is 7.75. The zero-order valence-corrected chi connectivity index (χ0v) is 15.5.